The summed E-state index contributed by atoms with van der Waals surface area (Å²) in [4.78, 5) is 24.8. The molecule has 1 fully saturated rings. The van der Waals surface area contributed by atoms with Crippen LogP contribution in [0.2, 0.25) is 0 Å². The number of benzene rings is 1. The Kier molecular flexibility index (Phi) is 4.41. The van der Waals surface area contributed by atoms with Gasteiger partial charge in [-0.25, -0.2) is 9.78 Å². The number of carbonyl (C=O) groups excluding carboxylic acids is 1. The highest BCUT2D eigenvalue weighted by atomic mass is 16.2. The summed E-state index contributed by atoms with van der Waals surface area (Å²) >= 11 is 0. The maximum atomic E-state index is 12.4. The predicted octanol–water partition coefficient (Wildman–Crippen LogP) is 2.45. The van der Waals surface area contributed by atoms with Crippen molar-refractivity contribution in [1.82, 2.24) is 14.9 Å². The Labute approximate surface area is 136 Å². The molecule has 2 amide bonds. The topological polar surface area (TPSA) is 61.4 Å². The van der Waals surface area contributed by atoms with Crippen molar-refractivity contribution in [1.29, 1.82) is 0 Å². The molecule has 1 aliphatic heterocycles. The molecule has 0 aliphatic carbocycles. The van der Waals surface area contributed by atoms with Crippen molar-refractivity contribution in [2.24, 2.45) is 0 Å². The average molecular weight is 311 g/mol. The molecule has 23 heavy (non-hydrogen) atoms. The van der Waals surface area contributed by atoms with Gasteiger partial charge in [-0.1, -0.05) is 6.07 Å². The lowest BCUT2D eigenvalue weighted by Gasteiger charge is -2.35. The van der Waals surface area contributed by atoms with Gasteiger partial charge < -0.3 is 15.1 Å². The maximum absolute atomic E-state index is 12.4. The first-order chi connectivity index (χ1) is 11.1. The molecule has 3 rings (SSSR count). The molecule has 2 aromatic rings. The Bertz CT molecular complexity index is 660. The quantitative estimate of drug-likeness (QED) is 0.925. The number of rotatable bonds is 2. The second kappa shape index (κ2) is 6.64. The zero-order valence-electron chi connectivity index (χ0n) is 13.5. The molecule has 2 heterocycles. The van der Waals surface area contributed by atoms with Gasteiger partial charge in [-0.15, -0.1) is 0 Å². The summed E-state index contributed by atoms with van der Waals surface area (Å²) in [5.74, 6) is 0.863. The lowest BCUT2D eigenvalue weighted by molar-refractivity contribution is 0.208. The van der Waals surface area contributed by atoms with Crippen LogP contribution < -0.4 is 10.2 Å². The normalized spacial score (nSPS) is 14.7. The molecule has 6 heteroatoms. The number of amides is 2. The van der Waals surface area contributed by atoms with Crippen LogP contribution in [-0.4, -0.2) is 47.1 Å². The van der Waals surface area contributed by atoms with E-state index < -0.39 is 0 Å². The highest BCUT2D eigenvalue weighted by Gasteiger charge is 2.22. The van der Waals surface area contributed by atoms with E-state index in [4.69, 9.17) is 0 Å². The first-order valence-electron chi connectivity index (χ1n) is 7.77. The van der Waals surface area contributed by atoms with Gasteiger partial charge in [0.05, 0.1) is 6.20 Å². The Morgan fingerprint density at radius 2 is 1.74 bits per heavy atom. The number of hydrogen-bond donors (Lipinski definition) is 1. The van der Waals surface area contributed by atoms with E-state index in [-0.39, 0.29) is 6.03 Å². The third-order valence-electron chi connectivity index (χ3n) is 3.91. The summed E-state index contributed by atoms with van der Waals surface area (Å²) in [6.45, 7) is 6.93. The fourth-order valence-electron chi connectivity index (χ4n) is 2.84. The molecule has 1 N–H and O–H groups in total. The predicted molar refractivity (Wildman–Crippen MR) is 90.8 cm³/mol. The zero-order chi connectivity index (χ0) is 16.2. The number of nitrogens with one attached hydrogen (secondary N) is 1. The van der Waals surface area contributed by atoms with Gasteiger partial charge in [-0.3, -0.25) is 4.98 Å². The molecule has 0 bridgehead atoms. The Morgan fingerprint density at radius 3 is 2.35 bits per heavy atom. The van der Waals surface area contributed by atoms with Crippen molar-refractivity contribution in [3.8, 4) is 0 Å². The number of aryl methyl sites for hydroxylation is 2. The molecule has 0 atom stereocenters. The van der Waals surface area contributed by atoms with Gasteiger partial charge >= 0.3 is 6.03 Å². The van der Waals surface area contributed by atoms with Crippen LogP contribution in [-0.2, 0) is 0 Å². The number of urea groups is 1. The van der Waals surface area contributed by atoms with E-state index >= 15 is 0 Å². The third-order valence-corrected chi connectivity index (χ3v) is 3.91. The standard InChI is InChI=1S/C17H21N5O/c1-13-9-14(2)11-15(10-13)20-17(23)22-7-5-21(6-8-22)16-12-18-3-4-19-16/h3-4,9-12H,5-8H2,1-2H3,(H,20,23). The van der Waals surface area contributed by atoms with Crippen LogP contribution >= 0.6 is 0 Å². The van der Waals surface area contributed by atoms with Crippen LogP contribution in [0.15, 0.2) is 36.8 Å². The van der Waals surface area contributed by atoms with E-state index in [9.17, 15) is 4.79 Å². The molecule has 0 radical (unpaired) electrons. The smallest absolute Gasteiger partial charge is 0.321 e. The van der Waals surface area contributed by atoms with Crippen LogP contribution in [0.5, 0.6) is 0 Å². The molecule has 0 unspecified atom stereocenters. The van der Waals surface area contributed by atoms with Crippen LogP contribution in [0.1, 0.15) is 11.1 Å². The van der Waals surface area contributed by atoms with E-state index in [1.54, 1.807) is 18.6 Å². The van der Waals surface area contributed by atoms with Gasteiger partial charge in [-0.2, -0.15) is 0 Å². The highest BCUT2D eigenvalue weighted by Crippen LogP contribution is 2.16. The fraction of sp³-hybridized carbons (Fsp3) is 0.353. The van der Waals surface area contributed by atoms with Crippen molar-refractivity contribution in [2.45, 2.75) is 13.8 Å². The number of hydrogen-bond acceptors (Lipinski definition) is 4. The summed E-state index contributed by atoms with van der Waals surface area (Å²) in [6.07, 6.45) is 5.11. The van der Waals surface area contributed by atoms with Crippen LogP contribution in [0.25, 0.3) is 0 Å². The molecular weight excluding hydrogens is 290 g/mol. The molecule has 0 saturated carbocycles. The lowest BCUT2D eigenvalue weighted by atomic mass is 10.1. The summed E-state index contributed by atoms with van der Waals surface area (Å²) in [5, 5.41) is 2.99. The Balaban J connectivity index is 1.58. The average Bonchev–Trinajstić information content (AvgIpc) is 2.55. The summed E-state index contributed by atoms with van der Waals surface area (Å²) < 4.78 is 0. The van der Waals surface area contributed by atoms with Gasteiger partial charge in [-0.05, 0) is 37.1 Å². The van der Waals surface area contributed by atoms with Crippen LogP contribution in [0.4, 0.5) is 16.3 Å². The van der Waals surface area contributed by atoms with E-state index in [1.165, 1.54) is 0 Å². The van der Waals surface area contributed by atoms with Crippen molar-refractivity contribution in [3.63, 3.8) is 0 Å². The summed E-state index contributed by atoms with van der Waals surface area (Å²) in [7, 11) is 0. The number of carbonyl (C=O) groups is 1. The summed E-state index contributed by atoms with van der Waals surface area (Å²) in [6, 6.07) is 6.02. The maximum Gasteiger partial charge on any atom is 0.321 e. The Morgan fingerprint density at radius 1 is 1.04 bits per heavy atom. The number of aromatic nitrogens is 2. The van der Waals surface area contributed by atoms with E-state index in [2.05, 4.69) is 26.3 Å². The minimum absolute atomic E-state index is 0.0474. The molecule has 120 valence electrons. The van der Waals surface area contributed by atoms with E-state index in [1.807, 2.05) is 30.9 Å². The number of anilines is 2. The molecule has 1 aromatic heterocycles. The second-order valence-electron chi connectivity index (χ2n) is 5.84. The third kappa shape index (κ3) is 3.77. The molecule has 0 spiro atoms. The SMILES string of the molecule is Cc1cc(C)cc(NC(=O)N2CCN(c3cnccn3)CC2)c1. The van der Waals surface area contributed by atoms with Crippen molar-refractivity contribution in [3.05, 3.63) is 47.9 Å². The van der Waals surface area contributed by atoms with Crippen molar-refractivity contribution >= 4 is 17.5 Å². The fourth-order valence-corrected chi connectivity index (χ4v) is 2.84. The molecule has 1 aliphatic rings. The minimum Gasteiger partial charge on any atom is -0.352 e. The molecular formula is C17H21N5O. The molecule has 1 saturated heterocycles. The van der Waals surface area contributed by atoms with Crippen molar-refractivity contribution in [2.75, 3.05) is 36.4 Å². The van der Waals surface area contributed by atoms with Crippen LogP contribution in [0, 0.1) is 13.8 Å². The molecule has 1 aromatic carbocycles. The lowest BCUT2D eigenvalue weighted by Crippen LogP contribution is -2.50. The number of nitrogens with zero attached hydrogens (tertiary/aromatic N) is 4. The van der Waals surface area contributed by atoms with Crippen molar-refractivity contribution < 1.29 is 4.79 Å². The summed E-state index contributed by atoms with van der Waals surface area (Å²) in [5.41, 5.74) is 3.14. The van der Waals surface area contributed by atoms with E-state index in [0.29, 0.717) is 13.1 Å². The Hall–Kier alpha value is -2.63. The molecule has 6 nitrogen and oxygen atoms in total. The highest BCUT2D eigenvalue weighted by molar-refractivity contribution is 5.89. The second-order valence-corrected chi connectivity index (χ2v) is 5.84. The van der Waals surface area contributed by atoms with Gasteiger partial charge in [0.1, 0.15) is 5.82 Å². The van der Waals surface area contributed by atoms with Crippen LogP contribution in [0.3, 0.4) is 0 Å². The number of piperazine rings is 1. The first-order valence-corrected chi connectivity index (χ1v) is 7.77. The van der Waals surface area contributed by atoms with Gasteiger partial charge in [0.2, 0.25) is 0 Å². The van der Waals surface area contributed by atoms with Gasteiger partial charge in [0, 0.05) is 44.3 Å². The largest absolute Gasteiger partial charge is 0.352 e. The monoisotopic (exact) mass is 311 g/mol. The zero-order valence-corrected chi connectivity index (χ0v) is 13.5. The van der Waals surface area contributed by atoms with Gasteiger partial charge in [0.15, 0.2) is 0 Å². The minimum atomic E-state index is -0.0474. The van der Waals surface area contributed by atoms with E-state index in [0.717, 1.165) is 35.7 Å². The first kappa shape index (κ1) is 15.3. The van der Waals surface area contributed by atoms with Gasteiger partial charge in [0.25, 0.3) is 0 Å².